The van der Waals surface area contributed by atoms with E-state index in [1.54, 1.807) is 6.20 Å². The second kappa shape index (κ2) is 5.87. The van der Waals surface area contributed by atoms with E-state index in [0.29, 0.717) is 0 Å². The van der Waals surface area contributed by atoms with Gasteiger partial charge in [0.25, 0.3) is 0 Å². The van der Waals surface area contributed by atoms with Gasteiger partial charge < -0.3 is 5.32 Å². The van der Waals surface area contributed by atoms with Crippen LogP contribution < -0.4 is 5.32 Å². The van der Waals surface area contributed by atoms with Crippen LogP contribution in [-0.2, 0) is 0 Å². The van der Waals surface area contributed by atoms with Gasteiger partial charge in [0.15, 0.2) is 5.82 Å². The third-order valence-electron chi connectivity index (χ3n) is 3.28. The quantitative estimate of drug-likeness (QED) is 0.788. The fraction of sp³-hybridized carbons (Fsp3) is 0.235. The summed E-state index contributed by atoms with van der Waals surface area (Å²) in [7, 11) is 0. The van der Waals surface area contributed by atoms with Gasteiger partial charge in [-0.15, -0.1) is 0 Å². The first-order chi connectivity index (χ1) is 10.3. The average Bonchev–Trinajstić information content (AvgIpc) is 2.52. The summed E-state index contributed by atoms with van der Waals surface area (Å²) in [5.74, 6) is 1.59. The summed E-state index contributed by atoms with van der Waals surface area (Å²) in [5.41, 5.74) is 2.86. The molecule has 0 saturated carbocycles. The molecule has 0 fully saturated rings. The molecule has 0 unspecified atom stereocenters. The van der Waals surface area contributed by atoms with Crippen molar-refractivity contribution < 1.29 is 0 Å². The van der Waals surface area contributed by atoms with Crippen LogP contribution >= 0.6 is 0 Å². The van der Waals surface area contributed by atoms with E-state index in [9.17, 15) is 0 Å². The Morgan fingerprint density at radius 3 is 2.81 bits per heavy atom. The molecule has 0 amide bonds. The highest BCUT2D eigenvalue weighted by Crippen LogP contribution is 2.25. The summed E-state index contributed by atoms with van der Waals surface area (Å²) in [5, 5.41) is 4.42. The first-order valence-electron chi connectivity index (χ1n) is 7.21. The number of nitrogens with zero attached hydrogens (tertiary/aromatic N) is 3. The fourth-order valence-corrected chi connectivity index (χ4v) is 2.32. The van der Waals surface area contributed by atoms with Gasteiger partial charge in [0, 0.05) is 35.5 Å². The Bertz CT molecular complexity index is 762. The zero-order valence-corrected chi connectivity index (χ0v) is 12.3. The fourth-order valence-electron chi connectivity index (χ4n) is 2.32. The van der Waals surface area contributed by atoms with E-state index in [2.05, 4.69) is 39.3 Å². The van der Waals surface area contributed by atoms with Gasteiger partial charge in [0.1, 0.15) is 5.82 Å². The molecular formula is C17H18N4. The Balaban J connectivity index is 2.12. The molecule has 21 heavy (non-hydrogen) atoms. The lowest BCUT2D eigenvalue weighted by Gasteiger charge is -2.09. The number of aromatic nitrogens is 3. The Labute approximate surface area is 124 Å². The van der Waals surface area contributed by atoms with Crippen LogP contribution in [0.25, 0.3) is 22.3 Å². The van der Waals surface area contributed by atoms with Crippen LogP contribution in [0.1, 0.15) is 19.0 Å². The maximum absolute atomic E-state index is 4.63. The van der Waals surface area contributed by atoms with Gasteiger partial charge in [-0.25, -0.2) is 9.97 Å². The van der Waals surface area contributed by atoms with Crippen molar-refractivity contribution in [3.63, 3.8) is 0 Å². The number of pyridine rings is 1. The van der Waals surface area contributed by atoms with Crippen molar-refractivity contribution in [2.75, 3.05) is 11.9 Å². The second-order valence-corrected chi connectivity index (χ2v) is 5.03. The summed E-state index contributed by atoms with van der Waals surface area (Å²) in [6.07, 6.45) is 2.87. The number of nitrogens with one attached hydrogen (secondary N) is 1. The molecule has 4 nitrogen and oxygen atoms in total. The van der Waals surface area contributed by atoms with Gasteiger partial charge in [0.05, 0.1) is 5.52 Å². The molecule has 1 aromatic carbocycles. The van der Waals surface area contributed by atoms with Crippen molar-refractivity contribution in [3.8, 4) is 11.4 Å². The van der Waals surface area contributed by atoms with Crippen LogP contribution in [0.15, 0.2) is 42.6 Å². The molecule has 106 valence electrons. The molecule has 0 aliphatic heterocycles. The minimum Gasteiger partial charge on any atom is -0.370 e. The number of fused-ring (bicyclic) bond motifs is 1. The Morgan fingerprint density at radius 1 is 1.10 bits per heavy atom. The van der Waals surface area contributed by atoms with Crippen LogP contribution in [-0.4, -0.2) is 21.5 Å². The van der Waals surface area contributed by atoms with Crippen molar-refractivity contribution in [3.05, 3.63) is 48.3 Å². The van der Waals surface area contributed by atoms with Gasteiger partial charge >= 0.3 is 0 Å². The maximum Gasteiger partial charge on any atom is 0.163 e. The molecule has 3 rings (SSSR count). The molecule has 4 heteroatoms. The van der Waals surface area contributed by atoms with E-state index < -0.39 is 0 Å². The molecule has 2 heterocycles. The standard InChI is InChI=1S/C17H18N4/c1-3-9-18-15-11-12(2)20-17(21-15)14-8-4-6-13-7-5-10-19-16(13)14/h4-8,10-11H,3,9H2,1-2H3,(H,18,20,21). The topological polar surface area (TPSA) is 50.7 Å². The zero-order valence-electron chi connectivity index (χ0n) is 12.3. The van der Waals surface area contributed by atoms with Crippen molar-refractivity contribution in [1.82, 2.24) is 15.0 Å². The molecule has 0 bridgehead atoms. The van der Waals surface area contributed by atoms with Crippen molar-refractivity contribution in [2.24, 2.45) is 0 Å². The molecule has 0 saturated heterocycles. The molecule has 0 spiro atoms. The van der Waals surface area contributed by atoms with Crippen LogP contribution in [0.4, 0.5) is 5.82 Å². The van der Waals surface area contributed by atoms with Gasteiger partial charge in [-0.05, 0) is 25.5 Å². The molecule has 1 N–H and O–H groups in total. The number of rotatable bonds is 4. The average molecular weight is 278 g/mol. The maximum atomic E-state index is 4.63. The Hall–Kier alpha value is -2.49. The normalized spacial score (nSPS) is 10.8. The molecule has 0 aliphatic rings. The van der Waals surface area contributed by atoms with Gasteiger partial charge in [-0.1, -0.05) is 25.1 Å². The SMILES string of the molecule is CCCNc1cc(C)nc(-c2cccc3cccnc23)n1. The van der Waals surface area contributed by atoms with Crippen LogP contribution in [0.5, 0.6) is 0 Å². The second-order valence-electron chi connectivity index (χ2n) is 5.03. The number of anilines is 1. The highest BCUT2D eigenvalue weighted by atomic mass is 15.0. The largest absolute Gasteiger partial charge is 0.370 e. The van der Waals surface area contributed by atoms with Crippen molar-refractivity contribution >= 4 is 16.7 Å². The number of aryl methyl sites for hydroxylation is 1. The molecule has 0 aliphatic carbocycles. The summed E-state index contributed by atoms with van der Waals surface area (Å²) in [6, 6.07) is 12.1. The first-order valence-corrected chi connectivity index (χ1v) is 7.21. The number of para-hydroxylation sites is 1. The minimum absolute atomic E-state index is 0.720. The smallest absolute Gasteiger partial charge is 0.163 e. The molecule has 2 aromatic heterocycles. The number of benzene rings is 1. The lowest BCUT2D eigenvalue weighted by molar-refractivity contribution is 0.962. The Kier molecular flexibility index (Phi) is 3.77. The van der Waals surface area contributed by atoms with Crippen LogP contribution in [0.3, 0.4) is 0 Å². The lowest BCUT2D eigenvalue weighted by Crippen LogP contribution is -2.04. The lowest BCUT2D eigenvalue weighted by atomic mass is 10.1. The van der Waals surface area contributed by atoms with Gasteiger partial charge in [-0.3, -0.25) is 4.98 Å². The van der Waals surface area contributed by atoms with E-state index in [4.69, 9.17) is 0 Å². The monoisotopic (exact) mass is 278 g/mol. The summed E-state index contributed by atoms with van der Waals surface area (Å²) in [6.45, 7) is 5.03. The molecule has 0 radical (unpaired) electrons. The zero-order chi connectivity index (χ0) is 14.7. The van der Waals surface area contributed by atoms with E-state index >= 15 is 0 Å². The van der Waals surface area contributed by atoms with Crippen LogP contribution in [0, 0.1) is 6.92 Å². The summed E-state index contributed by atoms with van der Waals surface area (Å²) < 4.78 is 0. The van der Waals surface area contributed by atoms with Crippen molar-refractivity contribution in [2.45, 2.75) is 20.3 Å². The first kappa shape index (κ1) is 13.5. The van der Waals surface area contributed by atoms with Crippen LogP contribution in [0.2, 0.25) is 0 Å². The highest BCUT2D eigenvalue weighted by Gasteiger charge is 2.09. The highest BCUT2D eigenvalue weighted by molar-refractivity contribution is 5.91. The molecule has 0 atom stereocenters. The Morgan fingerprint density at radius 2 is 1.95 bits per heavy atom. The predicted octanol–water partition coefficient (Wildman–Crippen LogP) is 3.82. The predicted molar refractivity (Wildman–Crippen MR) is 86.3 cm³/mol. The van der Waals surface area contributed by atoms with Gasteiger partial charge in [-0.2, -0.15) is 0 Å². The molecular weight excluding hydrogens is 260 g/mol. The third-order valence-corrected chi connectivity index (χ3v) is 3.28. The van der Waals surface area contributed by atoms with E-state index in [-0.39, 0.29) is 0 Å². The van der Waals surface area contributed by atoms with E-state index in [1.165, 1.54) is 0 Å². The minimum atomic E-state index is 0.720. The van der Waals surface area contributed by atoms with Crippen molar-refractivity contribution in [1.29, 1.82) is 0 Å². The summed E-state index contributed by atoms with van der Waals surface area (Å²) in [4.78, 5) is 13.7. The summed E-state index contributed by atoms with van der Waals surface area (Å²) >= 11 is 0. The number of hydrogen-bond donors (Lipinski definition) is 1. The van der Waals surface area contributed by atoms with E-state index in [1.807, 2.05) is 31.2 Å². The van der Waals surface area contributed by atoms with E-state index in [0.717, 1.165) is 46.8 Å². The van der Waals surface area contributed by atoms with Gasteiger partial charge in [0.2, 0.25) is 0 Å². The number of hydrogen-bond acceptors (Lipinski definition) is 4. The molecule has 3 aromatic rings. The third kappa shape index (κ3) is 2.84.